The normalized spacial score (nSPS) is 10.4. The Morgan fingerprint density at radius 3 is 2.54 bits per heavy atom. The quantitative estimate of drug-likeness (QED) is 0.777. The molecule has 3 rings (SSSR count). The van der Waals surface area contributed by atoms with Crippen LogP contribution in [-0.2, 0) is 6.54 Å². The van der Waals surface area contributed by atoms with Crippen molar-refractivity contribution in [1.82, 2.24) is 20.0 Å². The maximum Gasteiger partial charge on any atom is 0.257 e. The maximum atomic E-state index is 12.4. The van der Waals surface area contributed by atoms with Gasteiger partial charge in [0.1, 0.15) is 5.76 Å². The van der Waals surface area contributed by atoms with Gasteiger partial charge in [0, 0.05) is 32.1 Å². The molecule has 0 saturated carbocycles. The Labute approximate surface area is 139 Å². The molecule has 7 heteroatoms. The third-order valence-corrected chi connectivity index (χ3v) is 3.38. The van der Waals surface area contributed by atoms with Crippen molar-refractivity contribution in [2.24, 2.45) is 0 Å². The molecule has 0 aliphatic heterocycles. The van der Waals surface area contributed by atoms with Gasteiger partial charge in [0.15, 0.2) is 5.82 Å². The van der Waals surface area contributed by atoms with Gasteiger partial charge in [-0.2, -0.15) is 0 Å². The van der Waals surface area contributed by atoms with Crippen LogP contribution in [0.15, 0.2) is 53.3 Å². The number of anilines is 2. The summed E-state index contributed by atoms with van der Waals surface area (Å²) in [5.74, 6) is 1.42. The molecule has 0 bridgehead atoms. The van der Waals surface area contributed by atoms with Gasteiger partial charge in [0.25, 0.3) is 5.91 Å². The van der Waals surface area contributed by atoms with Crippen molar-refractivity contribution in [2.45, 2.75) is 13.5 Å². The molecular formula is C17H17N5O2. The molecule has 3 aromatic rings. The summed E-state index contributed by atoms with van der Waals surface area (Å²) in [6.45, 7) is 2.32. The third-order valence-electron chi connectivity index (χ3n) is 3.38. The largest absolute Gasteiger partial charge is 0.360 e. The van der Waals surface area contributed by atoms with E-state index >= 15 is 0 Å². The number of aromatic nitrogens is 3. The van der Waals surface area contributed by atoms with E-state index in [1.54, 1.807) is 24.9 Å². The number of aryl methyl sites for hydroxylation is 1. The van der Waals surface area contributed by atoms with Crippen LogP contribution >= 0.6 is 0 Å². The lowest BCUT2D eigenvalue weighted by Crippen LogP contribution is -2.26. The molecule has 1 amide bonds. The summed E-state index contributed by atoms with van der Waals surface area (Å²) in [6.07, 6.45) is 2.98. The SMILES string of the molecule is Cc1cc(Nc2ncc(C(=O)N(C)Cc3ccccc3)cn2)no1. The first-order chi connectivity index (χ1) is 11.6. The van der Waals surface area contributed by atoms with Gasteiger partial charge in [-0.25, -0.2) is 9.97 Å². The summed E-state index contributed by atoms with van der Waals surface area (Å²) in [5, 5.41) is 6.71. The number of nitrogens with one attached hydrogen (secondary N) is 1. The van der Waals surface area contributed by atoms with E-state index in [1.165, 1.54) is 12.4 Å². The van der Waals surface area contributed by atoms with Crippen LogP contribution in [0.3, 0.4) is 0 Å². The molecule has 0 atom stereocenters. The zero-order valence-corrected chi connectivity index (χ0v) is 13.4. The Kier molecular flexibility index (Phi) is 4.51. The summed E-state index contributed by atoms with van der Waals surface area (Å²) in [5.41, 5.74) is 1.49. The van der Waals surface area contributed by atoms with Gasteiger partial charge in [-0.1, -0.05) is 35.5 Å². The van der Waals surface area contributed by atoms with Gasteiger partial charge in [0.2, 0.25) is 5.95 Å². The molecule has 0 unspecified atom stereocenters. The van der Waals surface area contributed by atoms with Crippen LogP contribution in [0.4, 0.5) is 11.8 Å². The molecule has 0 spiro atoms. The fourth-order valence-electron chi connectivity index (χ4n) is 2.19. The van der Waals surface area contributed by atoms with Crippen molar-refractivity contribution in [1.29, 1.82) is 0 Å². The molecule has 1 aromatic carbocycles. The Balaban J connectivity index is 1.65. The van der Waals surface area contributed by atoms with Crippen molar-refractivity contribution < 1.29 is 9.32 Å². The van der Waals surface area contributed by atoms with Crippen LogP contribution in [0, 0.1) is 6.92 Å². The standard InChI is InChI=1S/C17H17N5O2/c1-12-8-15(21-24-12)20-17-18-9-14(10-19-17)16(23)22(2)11-13-6-4-3-5-7-13/h3-10H,11H2,1-2H3,(H,18,19,20,21). The Morgan fingerprint density at radius 2 is 1.92 bits per heavy atom. The minimum atomic E-state index is -0.136. The Bertz CT molecular complexity index is 815. The lowest BCUT2D eigenvalue weighted by Gasteiger charge is -2.17. The number of amides is 1. The molecule has 24 heavy (non-hydrogen) atoms. The monoisotopic (exact) mass is 323 g/mol. The highest BCUT2D eigenvalue weighted by Gasteiger charge is 2.13. The van der Waals surface area contributed by atoms with Gasteiger partial charge in [-0.3, -0.25) is 4.79 Å². The molecule has 7 nitrogen and oxygen atoms in total. The van der Waals surface area contributed by atoms with E-state index in [2.05, 4.69) is 20.4 Å². The van der Waals surface area contributed by atoms with E-state index in [0.717, 1.165) is 5.56 Å². The first-order valence-electron chi connectivity index (χ1n) is 7.43. The average molecular weight is 323 g/mol. The Morgan fingerprint density at radius 1 is 1.21 bits per heavy atom. The minimum Gasteiger partial charge on any atom is -0.360 e. The molecular weight excluding hydrogens is 306 g/mol. The van der Waals surface area contributed by atoms with Gasteiger partial charge in [0.05, 0.1) is 5.56 Å². The fourth-order valence-corrected chi connectivity index (χ4v) is 2.19. The molecule has 0 fully saturated rings. The van der Waals surface area contributed by atoms with E-state index in [-0.39, 0.29) is 5.91 Å². The van der Waals surface area contributed by atoms with Gasteiger partial charge >= 0.3 is 0 Å². The predicted octanol–water partition coefficient (Wildman–Crippen LogP) is 2.79. The van der Waals surface area contributed by atoms with E-state index in [4.69, 9.17) is 4.52 Å². The van der Waals surface area contributed by atoms with Gasteiger partial charge in [-0.15, -0.1) is 0 Å². The predicted molar refractivity (Wildman–Crippen MR) is 88.8 cm³/mol. The molecule has 0 aliphatic rings. The first-order valence-corrected chi connectivity index (χ1v) is 7.43. The molecule has 1 N–H and O–H groups in total. The third kappa shape index (κ3) is 3.75. The average Bonchev–Trinajstić information content (AvgIpc) is 3.00. The smallest absolute Gasteiger partial charge is 0.257 e. The first kappa shape index (κ1) is 15.7. The zero-order chi connectivity index (χ0) is 16.9. The van der Waals surface area contributed by atoms with Crippen molar-refractivity contribution in [3.63, 3.8) is 0 Å². The number of nitrogens with zero attached hydrogens (tertiary/aromatic N) is 4. The zero-order valence-electron chi connectivity index (χ0n) is 13.4. The molecule has 122 valence electrons. The number of hydrogen-bond donors (Lipinski definition) is 1. The van der Waals surface area contributed by atoms with Crippen molar-refractivity contribution in [2.75, 3.05) is 12.4 Å². The summed E-state index contributed by atoms with van der Waals surface area (Å²) < 4.78 is 4.96. The molecule has 0 aliphatic carbocycles. The molecule has 2 heterocycles. The summed E-state index contributed by atoms with van der Waals surface area (Å²) in [4.78, 5) is 22.3. The molecule has 2 aromatic heterocycles. The number of rotatable bonds is 5. The maximum absolute atomic E-state index is 12.4. The highest BCUT2D eigenvalue weighted by Crippen LogP contribution is 2.13. The number of carbonyl (C=O) groups excluding carboxylic acids is 1. The van der Waals surface area contributed by atoms with Gasteiger partial charge in [-0.05, 0) is 12.5 Å². The second-order valence-corrected chi connectivity index (χ2v) is 5.39. The highest BCUT2D eigenvalue weighted by molar-refractivity contribution is 5.93. The lowest BCUT2D eigenvalue weighted by molar-refractivity contribution is 0.0784. The Hall–Kier alpha value is -3.22. The van der Waals surface area contributed by atoms with Crippen LogP contribution in [0.2, 0.25) is 0 Å². The second kappa shape index (κ2) is 6.91. The van der Waals surface area contributed by atoms with E-state index in [1.807, 2.05) is 30.3 Å². The van der Waals surface area contributed by atoms with E-state index < -0.39 is 0 Å². The van der Waals surface area contributed by atoms with Crippen LogP contribution in [-0.4, -0.2) is 33.0 Å². The van der Waals surface area contributed by atoms with Crippen molar-refractivity contribution >= 4 is 17.7 Å². The summed E-state index contributed by atoms with van der Waals surface area (Å²) in [6, 6.07) is 11.5. The lowest BCUT2D eigenvalue weighted by atomic mass is 10.2. The van der Waals surface area contributed by atoms with Crippen LogP contribution in [0.25, 0.3) is 0 Å². The summed E-state index contributed by atoms with van der Waals surface area (Å²) in [7, 11) is 1.75. The van der Waals surface area contributed by atoms with Crippen molar-refractivity contribution in [3.8, 4) is 0 Å². The van der Waals surface area contributed by atoms with E-state index in [9.17, 15) is 4.79 Å². The molecule has 0 saturated heterocycles. The highest BCUT2D eigenvalue weighted by atomic mass is 16.5. The van der Waals surface area contributed by atoms with Crippen LogP contribution < -0.4 is 5.32 Å². The number of hydrogen-bond acceptors (Lipinski definition) is 6. The van der Waals surface area contributed by atoms with Crippen LogP contribution in [0.5, 0.6) is 0 Å². The number of carbonyl (C=O) groups is 1. The second-order valence-electron chi connectivity index (χ2n) is 5.39. The summed E-state index contributed by atoms with van der Waals surface area (Å²) >= 11 is 0. The molecule has 0 radical (unpaired) electrons. The number of benzene rings is 1. The topological polar surface area (TPSA) is 84.2 Å². The van der Waals surface area contributed by atoms with E-state index in [0.29, 0.717) is 29.6 Å². The van der Waals surface area contributed by atoms with Crippen molar-refractivity contribution in [3.05, 3.63) is 65.7 Å². The van der Waals surface area contributed by atoms with Gasteiger partial charge < -0.3 is 14.7 Å². The fraction of sp³-hybridized carbons (Fsp3) is 0.176. The minimum absolute atomic E-state index is 0.136. The van der Waals surface area contributed by atoms with Crippen LogP contribution in [0.1, 0.15) is 21.7 Å².